The van der Waals surface area contributed by atoms with E-state index in [4.69, 9.17) is 4.74 Å². The molecule has 0 saturated carbocycles. The third kappa shape index (κ3) is 3.85. The van der Waals surface area contributed by atoms with E-state index in [0.29, 0.717) is 18.6 Å². The molecule has 0 aliphatic carbocycles. The number of para-hydroxylation sites is 1. The number of nitrogens with zero attached hydrogens (tertiary/aromatic N) is 1. The number of benzene rings is 2. The maximum absolute atomic E-state index is 12.9. The molecule has 2 heterocycles. The van der Waals surface area contributed by atoms with Crippen LogP contribution in [0.2, 0.25) is 0 Å². The van der Waals surface area contributed by atoms with Gasteiger partial charge in [0.05, 0.1) is 6.54 Å². The summed E-state index contributed by atoms with van der Waals surface area (Å²) in [6.07, 6.45) is 4.03. The summed E-state index contributed by atoms with van der Waals surface area (Å²) in [5.41, 5.74) is 1.96. The number of rotatable bonds is 4. The highest BCUT2D eigenvalue weighted by Crippen LogP contribution is 2.29. The van der Waals surface area contributed by atoms with Gasteiger partial charge in [-0.05, 0) is 43.4 Å². The first-order valence-corrected chi connectivity index (χ1v) is 9.11. The number of ether oxygens (including phenoxy) is 1. The van der Waals surface area contributed by atoms with Gasteiger partial charge in [-0.25, -0.2) is 4.79 Å². The van der Waals surface area contributed by atoms with E-state index in [1.165, 1.54) is 12.8 Å². The number of hydrogen-bond acceptors (Lipinski definition) is 3. The molecule has 2 fully saturated rings. The predicted octanol–water partition coefficient (Wildman–Crippen LogP) is 4.11. The maximum Gasteiger partial charge on any atom is 0.414 e. The van der Waals surface area contributed by atoms with Crippen LogP contribution >= 0.6 is 0 Å². The molecule has 2 aliphatic heterocycles. The lowest BCUT2D eigenvalue weighted by molar-refractivity contribution is 0.0719. The molecule has 4 nitrogen and oxygen atoms in total. The maximum atomic E-state index is 12.9. The fourth-order valence-electron chi connectivity index (χ4n) is 3.94. The van der Waals surface area contributed by atoms with Crippen LogP contribution in [0.5, 0.6) is 0 Å². The Morgan fingerprint density at radius 3 is 2.20 bits per heavy atom. The Balaban J connectivity index is 1.50. The van der Waals surface area contributed by atoms with E-state index in [1.807, 2.05) is 60.7 Å². The van der Waals surface area contributed by atoms with Crippen molar-refractivity contribution < 1.29 is 9.53 Å². The van der Waals surface area contributed by atoms with Crippen LogP contribution in [0, 0.1) is 0 Å². The number of carbonyl (C=O) groups excluding carboxylic acids is 1. The van der Waals surface area contributed by atoms with E-state index < -0.39 is 0 Å². The Kier molecular flexibility index (Phi) is 4.70. The Labute approximate surface area is 148 Å². The van der Waals surface area contributed by atoms with Crippen LogP contribution in [0.4, 0.5) is 10.5 Å². The van der Waals surface area contributed by atoms with Gasteiger partial charge in [-0.15, -0.1) is 0 Å². The summed E-state index contributed by atoms with van der Waals surface area (Å²) in [5, 5.41) is 3.59. The van der Waals surface area contributed by atoms with Crippen molar-refractivity contribution in [1.29, 1.82) is 0 Å². The fourth-order valence-corrected chi connectivity index (χ4v) is 3.94. The molecule has 2 aromatic rings. The van der Waals surface area contributed by atoms with E-state index >= 15 is 0 Å². The molecule has 130 valence electrons. The number of nitrogens with one attached hydrogen (secondary N) is 1. The lowest BCUT2D eigenvalue weighted by Crippen LogP contribution is -2.44. The minimum atomic E-state index is -0.249. The first-order chi connectivity index (χ1) is 12.3. The van der Waals surface area contributed by atoms with Gasteiger partial charge in [0, 0.05) is 17.8 Å². The Hall–Kier alpha value is -2.33. The number of hydrogen-bond donors (Lipinski definition) is 1. The van der Waals surface area contributed by atoms with E-state index in [0.717, 1.165) is 24.1 Å². The summed E-state index contributed by atoms with van der Waals surface area (Å²) in [4.78, 5) is 14.7. The summed E-state index contributed by atoms with van der Waals surface area (Å²) in [6, 6.07) is 20.8. The average Bonchev–Trinajstić information content (AvgIpc) is 2.99. The predicted molar refractivity (Wildman–Crippen MR) is 98.5 cm³/mol. The van der Waals surface area contributed by atoms with Crippen molar-refractivity contribution in [2.45, 2.75) is 50.4 Å². The molecule has 25 heavy (non-hydrogen) atoms. The molecule has 0 radical (unpaired) electrons. The summed E-state index contributed by atoms with van der Waals surface area (Å²) in [7, 11) is 0. The van der Waals surface area contributed by atoms with E-state index in [9.17, 15) is 4.79 Å². The zero-order valence-corrected chi connectivity index (χ0v) is 14.3. The molecule has 2 aliphatic rings. The largest absolute Gasteiger partial charge is 0.446 e. The minimum Gasteiger partial charge on any atom is -0.446 e. The summed E-state index contributed by atoms with van der Waals surface area (Å²) >= 11 is 0. The van der Waals surface area contributed by atoms with E-state index in [2.05, 4.69) is 5.32 Å². The first-order valence-electron chi connectivity index (χ1n) is 9.11. The van der Waals surface area contributed by atoms with Crippen LogP contribution < -0.4 is 10.2 Å². The van der Waals surface area contributed by atoms with Crippen LogP contribution in [0.15, 0.2) is 60.7 Å². The molecular formula is C21H24N2O2. The van der Waals surface area contributed by atoms with Crippen LogP contribution in [-0.4, -0.2) is 24.3 Å². The lowest BCUT2D eigenvalue weighted by Gasteiger charge is -2.31. The summed E-state index contributed by atoms with van der Waals surface area (Å²) in [6.45, 7) is 0.515. The van der Waals surface area contributed by atoms with Crippen molar-refractivity contribution >= 4 is 11.8 Å². The molecule has 0 aromatic heterocycles. The third-order valence-corrected chi connectivity index (χ3v) is 5.17. The van der Waals surface area contributed by atoms with Crippen molar-refractivity contribution in [2.75, 3.05) is 4.90 Å². The van der Waals surface area contributed by atoms with Gasteiger partial charge in [0.25, 0.3) is 0 Å². The molecule has 1 amide bonds. The van der Waals surface area contributed by atoms with Gasteiger partial charge in [-0.2, -0.15) is 0 Å². The molecule has 3 atom stereocenters. The highest BCUT2D eigenvalue weighted by atomic mass is 16.6. The standard InChI is InChI=1S/C21H24N2O2/c24-21(25-20-13-17-11-12-18(14-20)22-17)23(19-9-5-2-6-10-19)15-16-7-3-1-4-8-16/h1-10,17-18,20,22H,11-15H2/t17-,18+,20?. The molecule has 1 N–H and O–H groups in total. The molecule has 1 unspecified atom stereocenters. The van der Waals surface area contributed by atoms with Gasteiger partial charge in [0.2, 0.25) is 0 Å². The highest BCUT2D eigenvalue weighted by Gasteiger charge is 2.36. The summed E-state index contributed by atoms with van der Waals surface area (Å²) in [5.74, 6) is 0. The lowest BCUT2D eigenvalue weighted by atomic mass is 10.0. The molecule has 2 saturated heterocycles. The number of fused-ring (bicyclic) bond motifs is 2. The SMILES string of the molecule is O=C(OC1C[C@H]2CC[C@@H](C1)N2)N(Cc1ccccc1)c1ccccc1. The number of anilines is 1. The zero-order valence-electron chi connectivity index (χ0n) is 14.3. The van der Waals surface area contributed by atoms with Crippen LogP contribution in [-0.2, 0) is 11.3 Å². The molecular weight excluding hydrogens is 312 g/mol. The normalized spacial score (nSPS) is 24.7. The second kappa shape index (κ2) is 7.28. The Bertz CT molecular complexity index is 692. The molecule has 2 bridgehead atoms. The van der Waals surface area contributed by atoms with Crippen molar-refractivity contribution in [3.05, 3.63) is 66.2 Å². The second-order valence-corrected chi connectivity index (χ2v) is 7.02. The van der Waals surface area contributed by atoms with Gasteiger partial charge in [0.15, 0.2) is 0 Å². The highest BCUT2D eigenvalue weighted by molar-refractivity contribution is 5.87. The van der Waals surface area contributed by atoms with E-state index in [-0.39, 0.29) is 12.2 Å². The summed E-state index contributed by atoms with van der Waals surface area (Å²) < 4.78 is 5.91. The smallest absolute Gasteiger partial charge is 0.414 e. The topological polar surface area (TPSA) is 41.6 Å². The molecule has 0 spiro atoms. The quantitative estimate of drug-likeness (QED) is 0.913. The van der Waals surface area contributed by atoms with Crippen LogP contribution in [0.1, 0.15) is 31.2 Å². The Morgan fingerprint density at radius 1 is 0.960 bits per heavy atom. The molecule has 4 heteroatoms. The third-order valence-electron chi connectivity index (χ3n) is 5.17. The van der Waals surface area contributed by atoms with Crippen molar-refractivity contribution in [1.82, 2.24) is 5.32 Å². The monoisotopic (exact) mass is 336 g/mol. The second-order valence-electron chi connectivity index (χ2n) is 7.02. The van der Waals surface area contributed by atoms with Crippen LogP contribution in [0.3, 0.4) is 0 Å². The van der Waals surface area contributed by atoms with Crippen LogP contribution in [0.25, 0.3) is 0 Å². The number of piperidine rings is 1. The van der Waals surface area contributed by atoms with Gasteiger partial charge in [-0.1, -0.05) is 48.5 Å². The fraction of sp³-hybridized carbons (Fsp3) is 0.381. The van der Waals surface area contributed by atoms with E-state index in [1.54, 1.807) is 4.90 Å². The zero-order chi connectivity index (χ0) is 17.1. The number of amides is 1. The molecule has 2 aromatic carbocycles. The first kappa shape index (κ1) is 16.2. The van der Waals surface area contributed by atoms with Crippen molar-refractivity contribution in [3.63, 3.8) is 0 Å². The van der Waals surface area contributed by atoms with Crippen molar-refractivity contribution in [2.24, 2.45) is 0 Å². The number of carbonyl (C=O) groups is 1. The van der Waals surface area contributed by atoms with Gasteiger partial charge >= 0.3 is 6.09 Å². The average molecular weight is 336 g/mol. The van der Waals surface area contributed by atoms with Gasteiger partial charge in [-0.3, -0.25) is 4.90 Å². The Morgan fingerprint density at radius 2 is 1.56 bits per heavy atom. The van der Waals surface area contributed by atoms with Gasteiger partial charge in [0.1, 0.15) is 6.10 Å². The minimum absolute atomic E-state index is 0.0215. The van der Waals surface area contributed by atoms with Gasteiger partial charge < -0.3 is 10.1 Å². The van der Waals surface area contributed by atoms with Crippen molar-refractivity contribution in [3.8, 4) is 0 Å². The molecule has 4 rings (SSSR count).